The minimum atomic E-state index is -3.69. The number of hydrogen-bond acceptors (Lipinski definition) is 7. The van der Waals surface area contributed by atoms with Crippen LogP contribution in [0.2, 0.25) is 0 Å². The van der Waals surface area contributed by atoms with Crippen molar-refractivity contribution in [1.29, 1.82) is 0 Å². The number of thioether (sulfide) groups is 1. The van der Waals surface area contributed by atoms with E-state index in [1.807, 2.05) is 54.6 Å². The van der Waals surface area contributed by atoms with Gasteiger partial charge in [-0.15, -0.1) is 11.8 Å². The summed E-state index contributed by atoms with van der Waals surface area (Å²) in [5.41, 5.74) is 3.08. The van der Waals surface area contributed by atoms with E-state index in [2.05, 4.69) is 16.6 Å². The number of hydrogen-bond donors (Lipinski definition) is 2. The van der Waals surface area contributed by atoms with E-state index in [-0.39, 0.29) is 29.6 Å². The van der Waals surface area contributed by atoms with E-state index >= 15 is 0 Å². The summed E-state index contributed by atoms with van der Waals surface area (Å²) in [7, 11) is -3.69. The fourth-order valence-corrected chi connectivity index (χ4v) is 6.54. The number of rotatable bonds is 9. The van der Waals surface area contributed by atoms with Crippen molar-refractivity contribution in [3.8, 4) is 0 Å². The molecule has 202 valence electrons. The van der Waals surface area contributed by atoms with E-state index in [0.717, 1.165) is 21.7 Å². The van der Waals surface area contributed by atoms with Crippen LogP contribution in [0.15, 0.2) is 113 Å². The molecule has 3 aromatic carbocycles. The van der Waals surface area contributed by atoms with Crippen LogP contribution >= 0.6 is 11.8 Å². The van der Waals surface area contributed by atoms with E-state index in [1.165, 1.54) is 0 Å². The minimum absolute atomic E-state index is 0.0171. The molecular weight excluding hydrogens is 532 g/mol. The van der Waals surface area contributed by atoms with E-state index in [0.29, 0.717) is 11.4 Å². The molecule has 1 aromatic heterocycles. The fourth-order valence-electron chi connectivity index (χ4n) is 4.43. The van der Waals surface area contributed by atoms with Crippen LogP contribution in [0.4, 0.5) is 5.69 Å². The van der Waals surface area contributed by atoms with Crippen LogP contribution in [-0.4, -0.2) is 30.4 Å². The van der Waals surface area contributed by atoms with Gasteiger partial charge in [-0.25, -0.2) is 13.4 Å². The molecule has 4 atom stereocenters. The summed E-state index contributed by atoms with van der Waals surface area (Å²) in [5.74, 6) is 0.743. The summed E-state index contributed by atoms with van der Waals surface area (Å²) in [4.78, 5) is 4.62. The third-order valence-corrected chi connectivity index (χ3v) is 9.07. The predicted molar refractivity (Wildman–Crippen MR) is 152 cm³/mol. The number of anilines is 1. The highest BCUT2D eigenvalue weighted by molar-refractivity contribution is 7.99. The molecule has 1 aliphatic rings. The topological polar surface area (TPSA) is 97.8 Å². The van der Waals surface area contributed by atoms with Gasteiger partial charge in [-0.1, -0.05) is 67.6 Å². The summed E-state index contributed by atoms with van der Waals surface area (Å²) in [5, 5.41) is 10.4. The lowest BCUT2D eigenvalue weighted by atomic mass is 9.91. The average molecular weight is 563 g/mol. The highest BCUT2D eigenvalue weighted by Gasteiger charge is 2.38. The molecular formula is C30H30N2O5S2. The summed E-state index contributed by atoms with van der Waals surface area (Å²) in [6.07, 6.45) is 0.771. The first kappa shape index (κ1) is 27.4. The third-order valence-electron chi connectivity index (χ3n) is 6.65. The van der Waals surface area contributed by atoms with Gasteiger partial charge >= 0.3 is 0 Å². The van der Waals surface area contributed by atoms with Gasteiger partial charge in [0.15, 0.2) is 6.29 Å². The Morgan fingerprint density at radius 1 is 0.872 bits per heavy atom. The molecule has 4 aromatic rings. The third kappa shape index (κ3) is 6.69. The van der Waals surface area contributed by atoms with Crippen molar-refractivity contribution in [2.45, 2.75) is 42.0 Å². The molecule has 1 aliphatic heterocycles. The lowest BCUT2D eigenvalue weighted by molar-refractivity contribution is -0.268. The fraction of sp³-hybridized carbons (Fsp3) is 0.233. The number of sulfonamides is 1. The Kier molecular flexibility index (Phi) is 8.64. The van der Waals surface area contributed by atoms with E-state index in [1.54, 1.807) is 60.4 Å². The number of aliphatic hydroxyl groups excluding tert-OH is 1. The van der Waals surface area contributed by atoms with Gasteiger partial charge in [-0.3, -0.25) is 4.72 Å². The molecule has 1 fully saturated rings. The molecule has 0 spiro atoms. The first-order valence-electron chi connectivity index (χ1n) is 12.7. The summed E-state index contributed by atoms with van der Waals surface area (Å²) in [6, 6.07) is 28.9. The Labute approximate surface area is 233 Å². The second-order valence-corrected chi connectivity index (χ2v) is 12.1. The zero-order valence-electron chi connectivity index (χ0n) is 21.4. The van der Waals surface area contributed by atoms with Crippen molar-refractivity contribution in [2.75, 3.05) is 10.5 Å². The Balaban J connectivity index is 1.36. The molecule has 39 heavy (non-hydrogen) atoms. The first-order chi connectivity index (χ1) is 18.9. The molecule has 1 saturated heterocycles. The second-order valence-electron chi connectivity index (χ2n) is 9.34. The molecule has 0 radical (unpaired) electrons. The lowest BCUT2D eigenvalue weighted by Crippen LogP contribution is -2.38. The SMILES string of the molecule is CC1C(CSc2ccccn2)OC(c2ccc(NS(=O)(=O)c3ccccc3)cc2)OC1c1ccc(CO)cc1. The average Bonchev–Trinajstić information content (AvgIpc) is 2.98. The Bertz CT molecular complexity index is 1450. The normalized spacial score (nSPS) is 21.4. The van der Waals surface area contributed by atoms with Crippen LogP contribution in [0.1, 0.15) is 36.0 Å². The zero-order chi connectivity index (χ0) is 27.2. The van der Waals surface area contributed by atoms with Crippen LogP contribution in [0.5, 0.6) is 0 Å². The molecule has 7 nitrogen and oxygen atoms in total. The number of pyridine rings is 1. The molecule has 2 N–H and O–H groups in total. The number of benzene rings is 3. The van der Waals surface area contributed by atoms with Gasteiger partial charge in [-0.2, -0.15) is 0 Å². The summed E-state index contributed by atoms with van der Waals surface area (Å²) < 4.78 is 41.0. The van der Waals surface area contributed by atoms with Gasteiger partial charge < -0.3 is 14.6 Å². The van der Waals surface area contributed by atoms with Crippen molar-refractivity contribution < 1.29 is 23.0 Å². The largest absolute Gasteiger partial charge is 0.392 e. The van der Waals surface area contributed by atoms with Crippen molar-refractivity contribution in [2.24, 2.45) is 5.92 Å². The smallest absolute Gasteiger partial charge is 0.261 e. The second kappa shape index (κ2) is 12.3. The van der Waals surface area contributed by atoms with E-state index in [4.69, 9.17) is 9.47 Å². The van der Waals surface area contributed by atoms with Gasteiger partial charge in [0.05, 0.1) is 28.7 Å². The summed E-state index contributed by atoms with van der Waals surface area (Å²) in [6.45, 7) is 2.10. The first-order valence-corrected chi connectivity index (χ1v) is 15.1. The van der Waals surface area contributed by atoms with Crippen LogP contribution in [-0.2, 0) is 26.1 Å². The van der Waals surface area contributed by atoms with Gasteiger partial charge in [0.1, 0.15) is 0 Å². The number of nitrogens with one attached hydrogen (secondary N) is 1. The maximum absolute atomic E-state index is 12.7. The van der Waals surface area contributed by atoms with Gasteiger partial charge in [0.25, 0.3) is 10.0 Å². The van der Waals surface area contributed by atoms with Crippen molar-refractivity contribution >= 4 is 27.5 Å². The van der Waals surface area contributed by atoms with Gasteiger partial charge in [0.2, 0.25) is 0 Å². The van der Waals surface area contributed by atoms with Crippen molar-refractivity contribution in [3.05, 3.63) is 120 Å². The quantitative estimate of drug-likeness (QED) is 0.243. The molecule has 0 amide bonds. The Morgan fingerprint density at radius 3 is 2.23 bits per heavy atom. The van der Waals surface area contributed by atoms with Crippen LogP contribution in [0.25, 0.3) is 0 Å². The molecule has 4 unspecified atom stereocenters. The maximum Gasteiger partial charge on any atom is 0.261 e. The van der Waals surface area contributed by atoms with Gasteiger partial charge in [0, 0.05) is 29.1 Å². The van der Waals surface area contributed by atoms with Crippen molar-refractivity contribution in [3.63, 3.8) is 0 Å². The van der Waals surface area contributed by atoms with E-state index in [9.17, 15) is 13.5 Å². The van der Waals surface area contributed by atoms with Crippen LogP contribution < -0.4 is 4.72 Å². The molecule has 0 bridgehead atoms. The number of aliphatic hydroxyl groups is 1. The minimum Gasteiger partial charge on any atom is -0.392 e. The van der Waals surface area contributed by atoms with Gasteiger partial charge in [-0.05, 0) is 47.5 Å². The Morgan fingerprint density at radius 2 is 1.56 bits per heavy atom. The van der Waals surface area contributed by atoms with E-state index < -0.39 is 16.3 Å². The maximum atomic E-state index is 12.7. The van der Waals surface area contributed by atoms with Crippen molar-refractivity contribution in [1.82, 2.24) is 4.98 Å². The highest BCUT2D eigenvalue weighted by atomic mass is 32.2. The standard InChI is InChI=1S/C30H30N2O5S2/c1-21-27(20-38-28-9-5-6-18-31-28)36-30(37-29(21)23-12-10-22(19-33)11-13-23)24-14-16-25(17-15-24)32-39(34,35)26-7-3-2-4-8-26/h2-18,21,27,29-30,32-33H,19-20H2,1H3. The summed E-state index contributed by atoms with van der Waals surface area (Å²) >= 11 is 1.64. The Hall–Kier alpha value is -3.21. The van der Waals surface area contributed by atoms with Crippen LogP contribution in [0.3, 0.4) is 0 Å². The number of ether oxygens (including phenoxy) is 2. The molecule has 2 heterocycles. The molecule has 0 saturated carbocycles. The monoisotopic (exact) mass is 562 g/mol. The number of nitrogens with zero attached hydrogens (tertiary/aromatic N) is 1. The number of aromatic nitrogens is 1. The predicted octanol–water partition coefficient (Wildman–Crippen LogP) is 5.96. The highest BCUT2D eigenvalue weighted by Crippen LogP contribution is 2.43. The zero-order valence-corrected chi connectivity index (χ0v) is 23.0. The molecule has 5 rings (SSSR count). The molecule has 0 aliphatic carbocycles. The molecule has 9 heteroatoms. The lowest BCUT2D eigenvalue weighted by Gasteiger charge is -2.41. The van der Waals surface area contributed by atoms with Crippen LogP contribution in [0, 0.1) is 5.92 Å².